The van der Waals surface area contributed by atoms with E-state index < -0.39 is 16.1 Å². The number of aromatic nitrogens is 5. The zero-order chi connectivity index (χ0) is 37.6. The number of rotatable bonds is 7. The van der Waals surface area contributed by atoms with Crippen LogP contribution in [0.2, 0.25) is 0 Å². The summed E-state index contributed by atoms with van der Waals surface area (Å²) in [6, 6.07) is 21.8. The Morgan fingerprint density at radius 2 is 1.63 bits per heavy atom. The molecule has 7 heterocycles. The van der Waals surface area contributed by atoms with Crippen molar-refractivity contribution in [1.29, 1.82) is 0 Å². The molecule has 3 atom stereocenters. The molecule has 11 nitrogen and oxygen atoms in total. The molecule has 6 aromatic rings. The molecule has 0 bridgehead atoms. The number of hydrogen-bond acceptors (Lipinski definition) is 7. The van der Waals surface area contributed by atoms with Gasteiger partial charge in [0.15, 0.2) is 10.3 Å². The van der Waals surface area contributed by atoms with Crippen LogP contribution in [0.5, 0.6) is 0 Å². The van der Waals surface area contributed by atoms with E-state index in [1.54, 1.807) is 16.8 Å². The third kappa shape index (κ3) is 6.87. The molecule has 5 aromatic heterocycles. The highest BCUT2D eigenvalue weighted by Crippen LogP contribution is 2.43. The second kappa shape index (κ2) is 14.4. The molecule has 0 spiro atoms. The fraction of sp³-hybridized carbons (Fsp3) is 0.333. The lowest BCUT2D eigenvalue weighted by atomic mass is 9.79. The number of likely N-dealkylation sites (tertiary alicyclic amines) is 2. The third-order valence-electron chi connectivity index (χ3n) is 11.1. The standard InChI is InChI=1S/C42H44N7O4S/c1-28-9-11-31(22-43-28)32-21-37(54(25-32)33-12-10-29(2)44-23-33)41(52)48-18-14-34(36(24-48)30-7-5-4-6-8-30)39(50)47-19-15-42(53,16-20-47)26-49-27-45-38-35(40(49)51)13-17-46(38)3/h4-13,17,21-23,25,27,34,36,53H,14-16,18-20,24,26H2,1-3H3/q+1/t34-,36+,54?/m1/s1. The first-order valence-corrected chi connectivity index (χ1v) is 19.7. The summed E-state index contributed by atoms with van der Waals surface area (Å²) < 4.78 is 3.28. The first-order valence-electron chi connectivity index (χ1n) is 18.4. The van der Waals surface area contributed by atoms with E-state index in [9.17, 15) is 19.5 Å². The molecule has 2 fully saturated rings. The van der Waals surface area contributed by atoms with Crippen LogP contribution >= 0.6 is 10.5 Å². The van der Waals surface area contributed by atoms with Crippen molar-refractivity contribution in [2.45, 2.75) is 51.2 Å². The molecule has 12 heteroatoms. The summed E-state index contributed by atoms with van der Waals surface area (Å²) in [5, 5.41) is 14.3. The number of aliphatic hydroxyl groups is 1. The fourth-order valence-electron chi connectivity index (χ4n) is 7.93. The minimum atomic E-state index is -1.14. The van der Waals surface area contributed by atoms with E-state index >= 15 is 0 Å². The van der Waals surface area contributed by atoms with E-state index in [2.05, 4.69) is 20.3 Å². The lowest BCUT2D eigenvalue weighted by Gasteiger charge is -2.43. The largest absolute Gasteiger partial charge is 0.388 e. The SMILES string of the molecule is Cc1ccc(-c2cc(C(=O)N3CC[C@@H](C(=O)N4CCC(O)(Cn5cnc6c(ccn6C)c5=O)CC4)[C@H](c4ccccc4)C3)[s+](-c3ccc(C)nc3)c2)cn1. The summed E-state index contributed by atoms with van der Waals surface area (Å²) in [7, 11) is 1.22. The van der Waals surface area contributed by atoms with Gasteiger partial charge >= 0.3 is 5.91 Å². The van der Waals surface area contributed by atoms with Gasteiger partial charge < -0.3 is 19.5 Å². The number of thiophene rings is 1. The zero-order valence-corrected chi connectivity index (χ0v) is 31.6. The van der Waals surface area contributed by atoms with E-state index in [4.69, 9.17) is 0 Å². The molecule has 0 saturated carbocycles. The number of aryl methyl sites for hydroxylation is 3. The van der Waals surface area contributed by atoms with Crippen molar-refractivity contribution in [3.63, 3.8) is 0 Å². The highest BCUT2D eigenvalue weighted by atomic mass is 32.2. The number of piperidine rings is 2. The predicted octanol–water partition coefficient (Wildman–Crippen LogP) is 5.85. The molecule has 276 valence electrons. The minimum absolute atomic E-state index is 0.0291. The first kappa shape index (κ1) is 35.6. The highest BCUT2D eigenvalue weighted by Gasteiger charge is 2.43. The Kier molecular flexibility index (Phi) is 9.49. The Morgan fingerprint density at radius 1 is 0.889 bits per heavy atom. The number of nitrogens with zero attached hydrogens (tertiary/aromatic N) is 7. The van der Waals surface area contributed by atoms with Gasteiger partial charge in [0, 0.05) is 103 Å². The molecule has 2 amide bonds. The molecule has 1 N–H and O–H groups in total. The molecule has 2 aliphatic heterocycles. The van der Waals surface area contributed by atoms with Crippen LogP contribution < -0.4 is 5.56 Å². The van der Waals surface area contributed by atoms with Crippen LogP contribution in [-0.2, 0) is 18.4 Å². The number of fused-ring (bicyclic) bond motifs is 1. The van der Waals surface area contributed by atoms with Crippen LogP contribution in [-0.4, -0.2) is 82.6 Å². The van der Waals surface area contributed by atoms with Crippen LogP contribution in [0.1, 0.15) is 51.8 Å². The van der Waals surface area contributed by atoms with Gasteiger partial charge in [0.2, 0.25) is 10.8 Å². The summed E-state index contributed by atoms with van der Waals surface area (Å²) >= 11 is 0. The Bertz CT molecular complexity index is 2380. The zero-order valence-electron chi connectivity index (χ0n) is 30.8. The summed E-state index contributed by atoms with van der Waals surface area (Å²) in [4.78, 5) is 61.1. The van der Waals surface area contributed by atoms with E-state index in [1.165, 1.54) is 10.9 Å². The maximum absolute atomic E-state index is 14.6. The predicted molar refractivity (Wildman–Crippen MR) is 210 cm³/mol. The molecule has 8 rings (SSSR count). The molecule has 1 unspecified atom stereocenters. The monoisotopic (exact) mass is 742 g/mol. The second-order valence-electron chi connectivity index (χ2n) is 14.8. The molecule has 2 saturated heterocycles. The average molecular weight is 743 g/mol. The van der Waals surface area contributed by atoms with Gasteiger partial charge in [0.1, 0.15) is 12.0 Å². The topological polar surface area (TPSA) is 126 Å². The van der Waals surface area contributed by atoms with Crippen molar-refractivity contribution in [3.8, 4) is 16.0 Å². The van der Waals surface area contributed by atoms with E-state index in [0.717, 1.165) is 33.0 Å². The smallest absolute Gasteiger partial charge is 0.307 e. The Labute approximate surface area is 316 Å². The van der Waals surface area contributed by atoms with Crippen LogP contribution in [0.25, 0.3) is 27.1 Å². The summed E-state index contributed by atoms with van der Waals surface area (Å²) in [5.41, 5.74) is 4.08. The van der Waals surface area contributed by atoms with E-state index in [-0.39, 0.29) is 35.8 Å². The number of carbonyl (C=O) groups is 2. The first-order chi connectivity index (χ1) is 26.1. The molecule has 0 aliphatic carbocycles. The van der Waals surface area contributed by atoms with Gasteiger partial charge in [0.05, 0.1) is 23.7 Å². The van der Waals surface area contributed by atoms with Gasteiger partial charge in [-0.15, -0.1) is 0 Å². The Balaban J connectivity index is 1.01. The quantitative estimate of drug-likeness (QED) is 0.204. The van der Waals surface area contributed by atoms with Crippen LogP contribution in [0, 0.1) is 19.8 Å². The van der Waals surface area contributed by atoms with Crippen molar-refractivity contribution < 1.29 is 14.7 Å². The second-order valence-corrected chi connectivity index (χ2v) is 16.6. The summed E-state index contributed by atoms with van der Waals surface area (Å²) in [6.07, 6.45) is 8.24. The van der Waals surface area contributed by atoms with Gasteiger partial charge in [-0.05, 0) is 56.9 Å². The summed E-state index contributed by atoms with van der Waals surface area (Å²) in [5.74, 6) is -0.500. The average Bonchev–Trinajstić information content (AvgIpc) is 3.81. The summed E-state index contributed by atoms with van der Waals surface area (Å²) in [6.45, 7) is 5.66. The number of benzene rings is 1. The lowest BCUT2D eigenvalue weighted by Crippen LogP contribution is -2.53. The number of hydrogen-bond donors (Lipinski definition) is 1. The van der Waals surface area contributed by atoms with Crippen molar-refractivity contribution in [2.75, 3.05) is 26.2 Å². The maximum atomic E-state index is 14.6. The minimum Gasteiger partial charge on any atom is -0.388 e. The molecule has 2 aliphatic rings. The Hall–Kier alpha value is -5.46. The molecule has 54 heavy (non-hydrogen) atoms. The van der Waals surface area contributed by atoms with Crippen LogP contribution in [0.4, 0.5) is 0 Å². The van der Waals surface area contributed by atoms with Crippen molar-refractivity contribution in [2.24, 2.45) is 13.0 Å². The van der Waals surface area contributed by atoms with Crippen molar-refractivity contribution in [1.82, 2.24) is 33.9 Å². The van der Waals surface area contributed by atoms with Crippen LogP contribution in [0.15, 0.2) is 102 Å². The molecule has 0 radical (unpaired) electrons. The third-order valence-corrected chi connectivity index (χ3v) is 13.1. The lowest BCUT2D eigenvalue weighted by molar-refractivity contribution is -0.142. The number of pyridine rings is 2. The Morgan fingerprint density at radius 3 is 2.33 bits per heavy atom. The van der Waals surface area contributed by atoms with Crippen molar-refractivity contribution >= 4 is 33.3 Å². The maximum Gasteiger partial charge on any atom is 0.307 e. The van der Waals surface area contributed by atoms with Crippen LogP contribution in [0.3, 0.4) is 0 Å². The van der Waals surface area contributed by atoms with Gasteiger partial charge in [-0.2, -0.15) is 0 Å². The molecular formula is C42H44N7O4S+. The molecular weight excluding hydrogens is 699 g/mol. The van der Waals surface area contributed by atoms with Gasteiger partial charge in [-0.3, -0.25) is 28.9 Å². The van der Waals surface area contributed by atoms with Gasteiger partial charge in [0.25, 0.3) is 5.56 Å². The van der Waals surface area contributed by atoms with Crippen molar-refractivity contribution in [3.05, 3.63) is 129 Å². The number of amides is 2. The normalized spacial score (nSPS) is 18.9. The van der Waals surface area contributed by atoms with E-state index in [1.807, 2.05) is 104 Å². The highest BCUT2D eigenvalue weighted by molar-refractivity contribution is 7.40. The van der Waals surface area contributed by atoms with Gasteiger partial charge in [-0.25, -0.2) is 4.98 Å². The number of carbonyl (C=O) groups excluding carboxylic acids is 2. The van der Waals surface area contributed by atoms with E-state index in [0.29, 0.717) is 61.4 Å². The van der Waals surface area contributed by atoms with Gasteiger partial charge in [-0.1, -0.05) is 36.4 Å². The molecule has 1 aromatic carbocycles. The fourth-order valence-corrected chi connectivity index (χ4v) is 9.85.